The van der Waals surface area contributed by atoms with E-state index in [1.165, 1.54) is 4.90 Å². The normalized spacial score (nSPS) is 15.8. The van der Waals surface area contributed by atoms with Crippen LogP contribution in [0.4, 0.5) is 4.79 Å². The van der Waals surface area contributed by atoms with Crippen LogP contribution in [0.5, 0.6) is 11.5 Å². The number of rotatable bonds is 8. The Morgan fingerprint density at radius 1 is 1.06 bits per heavy atom. The second kappa shape index (κ2) is 10.3. The van der Waals surface area contributed by atoms with Gasteiger partial charge >= 0.3 is 6.09 Å². The number of ether oxygens (including phenoxy) is 3. The molecule has 0 bridgehead atoms. The summed E-state index contributed by atoms with van der Waals surface area (Å²) in [6.45, 7) is 5.93. The van der Waals surface area contributed by atoms with Gasteiger partial charge in [0, 0.05) is 12.1 Å². The quantitative estimate of drug-likeness (QED) is 0.566. The Morgan fingerprint density at radius 2 is 1.81 bits per heavy atom. The first kappa shape index (κ1) is 23.3. The zero-order valence-electron chi connectivity index (χ0n) is 18.7. The molecule has 0 N–H and O–H groups in total. The molecule has 0 saturated carbocycles. The molecule has 0 spiro atoms. The maximum absolute atomic E-state index is 12.8. The number of hydrogen-bond donors (Lipinski definition) is 0. The molecule has 1 atom stereocenters. The van der Waals surface area contributed by atoms with Gasteiger partial charge in [0.1, 0.15) is 25.1 Å². The number of amides is 1. The van der Waals surface area contributed by atoms with Crippen molar-refractivity contribution < 1.29 is 28.6 Å². The molecule has 1 aliphatic rings. The zero-order valence-corrected chi connectivity index (χ0v) is 18.7. The lowest BCUT2D eigenvalue weighted by atomic mass is 10.1. The number of benzene rings is 2. The van der Waals surface area contributed by atoms with E-state index < -0.39 is 17.7 Å². The first-order chi connectivity index (χ1) is 15.3. The third kappa shape index (κ3) is 6.33. The molecule has 1 saturated heterocycles. The fraction of sp³-hybridized carbons (Fsp3) is 0.400. The summed E-state index contributed by atoms with van der Waals surface area (Å²) in [5, 5.41) is 0. The Morgan fingerprint density at radius 3 is 2.50 bits per heavy atom. The summed E-state index contributed by atoms with van der Waals surface area (Å²) in [6, 6.07) is 13.8. The van der Waals surface area contributed by atoms with E-state index in [9.17, 15) is 14.4 Å². The van der Waals surface area contributed by atoms with E-state index in [0.29, 0.717) is 36.6 Å². The monoisotopic (exact) mass is 439 g/mol. The number of ketones is 1. The van der Waals surface area contributed by atoms with E-state index in [0.717, 1.165) is 18.3 Å². The van der Waals surface area contributed by atoms with Crippen LogP contribution in [-0.2, 0) is 16.1 Å². The van der Waals surface area contributed by atoms with Crippen LogP contribution in [0.15, 0.2) is 48.5 Å². The summed E-state index contributed by atoms with van der Waals surface area (Å²) in [6.07, 6.45) is 1.54. The van der Waals surface area contributed by atoms with Crippen LogP contribution in [-0.4, -0.2) is 47.9 Å². The van der Waals surface area contributed by atoms with Gasteiger partial charge in [-0.1, -0.05) is 30.3 Å². The van der Waals surface area contributed by atoms with Crippen molar-refractivity contribution in [2.75, 3.05) is 13.2 Å². The molecule has 0 aromatic heterocycles. The van der Waals surface area contributed by atoms with Crippen LogP contribution in [0, 0.1) is 0 Å². The number of carbonyl (C=O) groups excluding carboxylic acids is 3. The Balaban J connectivity index is 1.65. The molecule has 170 valence electrons. The van der Waals surface area contributed by atoms with Gasteiger partial charge in [-0.15, -0.1) is 0 Å². The second-order valence-electron chi connectivity index (χ2n) is 8.69. The second-order valence-corrected chi connectivity index (χ2v) is 8.69. The largest absolute Gasteiger partial charge is 0.485 e. The van der Waals surface area contributed by atoms with E-state index >= 15 is 0 Å². The molecule has 1 fully saturated rings. The molecule has 1 heterocycles. The van der Waals surface area contributed by atoms with Crippen molar-refractivity contribution in [2.24, 2.45) is 0 Å². The van der Waals surface area contributed by atoms with Crippen LogP contribution in [0.25, 0.3) is 0 Å². The molecule has 0 unspecified atom stereocenters. The lowest BCUT2D eigenvalue weighted by Gasteiger charge is -2.28. The van der Waals surface area contributed by atoms with Crippen molar-refractivity contribution in [1.82, 2.24) is 4.90 Å². The van der Waals surface area contributed by atoms with Crippen molar-refractivity contribution in [1.29, 1.82) is 0 Å². The van der Waals surface area contributed by atoms with Gasteiger partial charge in [-0.3, -0.25) is 14.5 Å². The van der Waals surface area contributed by atoms with Crippen LogP contribution < -0.4 is 9.47 Å². The lowest BCUT2D eigenvalue weighted by molar-refractivity contribution is -0.125. The molecule has 7 heteroatoms. The molecule has 3 rings (SSSR count). The molecular weight excluding hydrogens is 410 g/mol. The fourth-order valence-electron chi connectivity index (χ4n) is 3.45. The molecule has 0 aliphatic carbocycles. The van der Waals surface area contributed by atoms with Gasteiger partial charge in [0.15, 0.2) is 17.3 Å². The summed E-state index contributed by atoms with van der Waals surface area (Å²) in [4.78, 5) is 37.9. The predicted molar refractivity (Wildman–Crippen MR) is 119 cm³/mol. The van der Waals surface area contributed by atoms with Gasteiger partial charge in [-0.2, -0.15) is 0 Å². The topological polar surface area (TPSA) is 82.1 Å². The van der Waals surface area contributed by atoms with Crippen molar-refractivity contribution >= 4 is 18.2 Å². The van der Waals surface area contributed by atoms with Gasteiger partial charge in [-0.05, 0) is 57.4 Å². The van der Waals surface area contributed by atoms with Gasteiger partial charge in [-0.25, -0.2) is 4.79 Å². The van der Waals surface area contributed by atoms with Gasteiger partial charge in [0.25, 0.3) is 0 Å². The maximum atomic E-state index is 12.8. The summed E-state index contributed by atoms with van der Waals surface area (Å²) in [5.41, 5.74) is 0.776. The van der Waals surface area contributed by atoms with E-state index in [2.05, 4.69) is 0 Å². The highest BCUT2D eigenvalue weighted by Crippen LogP contribution is 2.29. The smallest absolute Gasteiger partial charge is 0.410 e. The molecule has 7 nitrogen and oxygen atoms in total. The number of likely N-dealkylation sites (tertiary alicyclic amines) is 1. The Hall–Kier alpha value is -3.35. The third-order valence-corrected chi connectivity index (χ3v) is 4.96. The average molecular weight is 440 g/mol. The maximum Gasteiger partial charge on any atom is 0.410 e. The Kier molecular flexibility index (Phi) is 7.51. The molecule has 2 aromatic rings. The highest BCUT2D eigenvalue weighted by Gasteiger charge is 2.36. The van der Waals surface area contributed by atoms with E-state index in [1.807, 2.05) is 30.3 Å². The summed E-state index contributed by atoms with van der Waals surface area (Å²) in [5.74, 6) is 0.533. The highest BCUT2D eigenvalue weighted by molar-refractivity contribution is 5.89. The van der Waals surface area contributed by atoms with Crippen molar-refractivity contribution in [3.63, 3.8) is 0 Å². The molecule has 32 heavy (non-hydrogen) atoms. The summed E-state index contributed by atoms with van der Waals surface area (Å²) in [7, 11) is 0. The Labute approximate surface area is 188 Å². The molecular formula is C25H29NO6. The van der Waals surface area contributed by atoms with Crippen LogP contribution in [0.1, 0.15) is 49.5 Å². The van der Waals surface area contributed by atoms with Gasteiger partial charge in [0.2, 0.25) is 0 Å². The highest BCUT2D eigenvalue weighted by atomic mass is 16.6. The van der Waals surface area contributed by atoms with Crippen LogP contribution in [0.2, 0.25) is 0 Å². The number of nitrogens with zero attached hydrogens (tertiary/aromatic N) is 1. The minimum atomic E-state index is -0.630. The first-order valence-corrected chi connectivity index (χ1v) is 10.7. The number of aldehydes is 1. The predicted octanol–water partition coefficient (Wildman–Crippen LogP) is 4.43. The average Bonchev–Trinajstić information content (AvgIpc) is 3.26. The number of Topliss-reactive ketones (excluding diaryl/α,β-unsaturated/α-hetero) is 1. The Bertz CT molecular complexity index is 951. The third-order valence-electron chi connectivity index (χ3n) is 4.96. The lowest BCUT2D eigenvalue weighted by Crippen LogP contribution is -2.44. The van der Waals surface area contributed by atoms with Gasteiger partial charge in [0.05, 0.1) is 6.04 Å². The number of hydrogen-bond acceptors (Lipinski definition) is 6. The molecule has 1 aliphatic heterocycles. The SMILES string of the molecule is CC(C)(C)OC(=O)N1CCC[C@H]1C(=O)COc1ccc(C=O)cc1OCc1ccccc1. The zero-order chi connectivity index (χ0) is 23.1. The van der Waals surface area contributed by atoms with E-state index in [-0.39, 0.29) is 12.4 Å². The van der Waals surface area contributed by atoms with E-state index in [4.69, 9.17) is 14.2 Å². The fourth-order valence-corrected chi connectivity index (χ4v) is 3.45. The van der Waals surface area contributed by atoms with Crippen molar-refractivity contribution in [3.8, 4) is 11.5 Å². The minimum Gasteiger partial charge on any atom is -0.485 e. The van der Waals surface area contributed by atoms with Crippen molar-refractivity contribution in [3.05, 3.63) is 59.7 Å². The minimum absolute atomic E-state index is 0.207. The van der Waals surface area contributed by atoms with E-state index in [1.54, 1.807) is 39.0 Å². The van der Waals surface area contributed by atoms with Crippen LogP contribution in [0.3, 0.4) is 0 Å². The first-order valence-electron chi connectivity index (χ1n) is 10.7. The van der Waals surface area contributed by atoms with Gasteiger partial charge < -0.3 is 14.2 Å². The molecule has 2 aromatic carbocycles. The van der Waals surface area contributed by atoms with Crippen LogP contribution >= 0.6 is 0 Å². The standard InChI is InChI=1S/C25H29NO6/c1-25(2,3)32-24(29)26-13-7-10-20(26)21(28)17-31-22-12-11-19(15-27)14-23(22)30-16-18-8-5-4-6-9-18/h4-6,8-9,11-12,14-15,20H,7,10,13,16-17H2,1-3H3/t20-/m0/s1. The molecule has 1 amide bonds. The van der Waals surface area contributed by atoms with Crippen molar-refractivity contribution in [2.45, 2.75) is 51.9 Å². The summed E-state index contributed by atoms with van der Waals surface area (Å²) < 4.78 is 17.0. The summed E-state index contributed by atoms with van der Waals surface area (Å²) >= 11 is 0. The molecule has 0 radical (unpaired) electrons. The number of carbonyl (C=O) groups is 3.